The van der Waals surface area contributed by atoms with Gasteiger partial charge in [-0.15, -0.1) is 0 Å². The second-order valence-electron chi connectivity index (χ2n) is 30.2. The zero-order chi connectivity index (χ0) is 75.0. The minimum absolute atomic E-state index is 0.0790. The average Bonchev–Trinajstić information content (AvgIpc) is 0.879. The summed E-state index contributed by atoms with van der Waals surface area (Å²) in [4.78, 5) is 112. The summed E-state index contributed by atoms with van der Waals surface area (Å²) in [5.74, 6) is -0.857. The van der Waals surface area contributed by atoms with Crippen molar-refractivity contribution in [3.8, 4) is 0 Å². The first-order chi connectivity index (χ1) is 49.0. The van der Waals surface area contributed by atoms with Crippen molar-refractivity contribution in [2.75, 3.05) is 109 Å². The molecule has 1 fully saturated rings. The number of azide groups is 1. The van der Waals surface area contributed by atoms with Gasteiger partial charge in [0.25, 0.3) is 0 Å². The Morgan fingerprint density at radius 1 is 0.495 bits per heavy atom. The number of rotatable bonds is 44. The normalized spacial score (nSPS) is 16.4. The van der Waals surface area contributed by atoms with Crippen LogP contribution in [0, 0.1) is 0 Å². The van der Waals surface area contributed by atoms with Gasteiger partial charge in [0.15, 0.2) is 0 Å². The molecule has 7 N–H and O–H groups in total. The third kappa shape index (κ3) is 29.2. The molecule has 2 atom stereocenters. The first-order valence-corrected chi connectivity index (χ1v) is 37.3. The highest BCUT2D eigenvalue weighted by atomic mass is 16.6. The number of likely N-dealkylation sites (N-methyl/N-ethyl adjacent to an activating group) is 2. The fourth-order valence-electron chi connectivity index (χ4n) is 13.1. The van der Waals surface area contributed by atoms with Crippen LogP contribution in [0.2, 0.25) is 0 Å². The van der Waals surface area contributed by atoms with Gasteiger partial charge in [0.1, 0.15) is 16.8 Å². The van der Waals surface area contributed by atoms with Crippen molar-refractivity contribution in [3.63, 3.8) is 0 Å². The molecule has 26 nitrogen and oxygen atoms in total. The zero-order valence-corrected chi connectivity index (χ0v) is 63.2. The summed E-state index contributed by atoms with van der Waals surface area (Å²) in [6.45, 7) is 21.0. The minimum atomic E-state index is -1.03. The molecule has 0 radical (unpaired) electrons. The van der Waals surface area contributed by atoms with Crippen LogP contribution in [0.5, 0.6) is 0 Å². The average molecular weight is 1440 g/mol. The van der Waals surface area contributed by atoms with Gasteiger partial charge in [0, 0.05) is 112 Å². The number of ether oxygens (including phenoxy) is 6. The molecule has 2 bridgehead atoms. The van der Waals surface area contributed by atoms with Crippen molar-refractivity contribution in [3.05, 3.63) is 98.4 Å². The van der Waals surface area contributed by atoms with E-state index in [-0.39, 0.29) is 60.9 Å². The van der Waals surface area contributed by atoms with Crippen molar-refractivity contribution in [1.82, 2.24) is 31.1 Å². The van der Waals surface area contributed by atoms with E-state index < -0.39 is 46.5 Å². The lowest BCUT2D eigenvalue weighted by Gasteiger charge is -2.51. The predicted molar refractivity (Wildman–Crippen MR) is 398 cm³/mol. The Hall–Kier alpha value is -8.03. The molecule has 1 saturated heterocycles. The first kappa shape index (κ1) is 83.9. The number of hydrogen-bond acceptors (Lipinski definition) is 16. The lowest BCUT2D eigenvalue weighted by atomic mass is 9.51. The Kier molecular flexibility index (Phi) is 34.3. The molecule has 3 aromatic carbocycles. The maximum Gasteiger partial charge on any atom is 0.407 e. The summed E-state index contributed by atoms with van der Waals surface area (Å²) in [6, 6.07) is 17.5. The van der Waals surface area contributed by atoms with E-state index in [0.29, 0.717) is 134 Å². The predicted octanol–water partition coefficient (Wildman–Crippen LogP) is 13.0. The molecule has 4 aliphatic rings. The highest BCUT2D eigenvalue weighted by molar-refractivity contribution is 5.94. The van der Waals surface area contributed by atoms with Gasteiger partial charge in [-0.3, -0.25) is 24.0 Å². The van der Waals surface area contributed by atoms with Crippen LogP contribution in [-0.2, 0) is 57.8 Å². The third-order valence-electron chi connectivity index (χ3n) is 18.1. The molecule has 1 aliphatic heterocycles. The molecule has 103 heavy (non-hydrogen) atoms. The summed E-state index contributed by atoms with van der Waals surface area (Å²) in [5, 5.41) is 24.9. The maximum absolute atomic E-state index is 14.7. The Balaban J connectivity index is 1.15. The maximum atomic E-state index is 14.7. The summed E-state index contributed by atoms with van der Waals surface area (Å²) in [5.41, 5.74) is 13.6. The number of amides is 8. The minimum Gasteiger partial charge on any atom is -0.444 e. The Labute approximate surface area is 610 Å². The number of nitrogens with zero attached hydrogens (tertiary/aromatic N) is 5. The molecule has 8 amide bonds. The van der Waals surface area contributed by atoms with Crippen LogP contribution < -0.4 is 37.2 Å². The lowest BCUT2D eigenvalue weighted by Crippen LogP contribution is -2.43. The van der Waals surface area contributed by atoms with Crippen LogP contribution in [0.1, 0.15) is 236 Å². The molecule has 2 unspecified atom stereocenters. The molecular formula is C77H118N12O14. The van der Waals surface area contributed by atoms with Crippen molar-refractivity contribution < 1.29 is 66.8 Å². The molecule has 570 valence electrons. The highest BCUT2D eigenvalue weighted by Gasteiger charge is 2.52. The first-order valence-electron chi connectivity index (χ1n) is 37.3. The number of hydrogen-bond donors (Lipinski definition) is 7. The van der Waals surface area contributed by atoms with Crippen molar-refractivity contribution in [2.24, 2.45) is 5.11 Å². The van der Waals surface area contributed by atoms with Crippen LogP contribution in [0.3, 0.4) is 0 Å². The van der Waals surface area contributed by atoms with Crippen LogP contribution >= 0.6 is 0 Å². The van der Waals surface area contributed by atoms with Crippen molar-refractivity contribution in [2.45, 2.75) is 237 Å². The quantitative estimate of drug-likeness (QED) is 0.00909. The van der Waals surface area contributed by atoms with E-state index in [0.717, 1.165) is 110 Å². The van der Waals surface area contributed by atoms with E-state index >= 15 is 0 Å². The fourth-order valence-corrected chi connectivity index (χ4v) is 13.1. The lowest BCUT2D eigenvalue weighted by molar-refractivity contribution is -0.132. The molecule has 0 aromatic heterocycles. The number of unbranched alkanes of at least 4 members (excludes halogenated alkanes) is 12. The fraction of sp³-hybridized carbons (Fsp3) is 0.662. The van der Waals surface area contributed by atoms with Gasteiger partial charge in [-0.25, -0.2) is 14.4 Å². The van der Waals surface area contributed by atoms with Crippen LogP contribution in [-0.4, -0.2) is 180 Å². The van der Waals surface area contributed by atoms with E-state index in [1.54, 1.807) is 23.9 Å². The smallest absolute Gasteiger partial charge is 0.407 e. The van der Waals surface area contributed by atoms with E-state index in [4.69, 9.17) is 34.0 Å². The standard InChI is InChI=1S/C77H118N12O14/c1-74(2,3)101-71(95)79-38-24-18-12-15-21-27-65(90)83-54-30-33-58-61(49-54)77(37-36-68(93)88(10)41-43-98-45-47-100-48-46-99-44-42-89(11)70(94)64-52-57(53-82-64)86-87-78)62-50-55(84-66(91)28-22-16-13-19-25-39-80-72(96)102-75(4,5)6)31-34-59(62)69(58)60-35-32-56(51-63(60)77)85-67(92)29-23-17-14-20-26-40-81-73(97)103-76(7,8)9/h30-35,49-51,57,64,69,82H,12-29,36-48,52-53H2,1-11H3,(H,79,95)(H,80,96)(H,81,97)(H,83,90)(H,84,91)(H,85,92). The van der Waals surface area contributed by atoms with E-state index in [1.807, 2.05) is 98.7 Å². The summed E-state index contributed by atoms with van der Waals surface area (Å²) < 4.78 is 33.5. The van der Waals surface area contributed by atoms with Gasteiger partial charge in [0.2, 0.25) is 29.5 Å². The summed E-state index contributed by atoms with van der Waals surface area (Å²) in [6.07, 6.45) is 12.7. The monoisotopic (exact) mass is 1430 g/mol. The van der Waals surface area contributed by atoms with E-state index in [9.17, 15) is 38.4 Å². The summed E-state index contributed by atoms with van der Waals surface area (Å²) >= 11 is 0. The molecule has 3 aromatic rings. The third-order valence-corrected chi connectivity index (χ3v) is 18.1. The number of carbonyl (C=O) groups excluding carboxylic acids is 8. The van der Waals surface area contributed by atoms with Crippen molar-refractivity contribution >= 4 is 64.9 Å². The number of anilines is 3. The van der Waals surface area contributed by atoms with Crippen LogP contribution in [0.15, 0.2) is 59.7 Å². The van der Waals surface area contributed by atoms with Gasteiger partial charge in [-0.05, 0) is 189 Å². The molecule has 0 saturated carbocycles. The molecule has 1 heterocycles. The topological polar surface area (TPSA) is 331 Å². The number of alkyl carbamates (subject to hydrolysis) is 3. The number of nitrogens with one attached hydrogen (secondary N) is 7. The molecule has 0 spiro atoms. The van der Waals surface area contributed by atoms with Gasteiger partial charge in [-0.1, -0.05) is 81.1 Å². The largest absolute Gasteiger partial charge is 0.444 e. The van der Waals surface area contributed by atoms with Crippen molar-refractivity contribution in [1.29, 1.82) is 0 Å². The molecule has 7 rings (SSSR count). The zero-order valence-electron chi connectivity index (χ0n) is 63.2. The second kappa shape index (κ2) is 42.1. The van der Waals surface area contributed by atoms with Crippen LogP contribution in [0.4, 0.5) is 31.4 Å². The second-order valence-corrected chi connectivity index (χ2v) is 30.2. The number of benzene rings is 3. The molecule has 26 heteroatoms. The summed E-state index contributed by atoms with van der Waals surface area (Å²) in [7, 11) is 3.47. The number of carbonyl (C=O) groups is 8. The van der Waals surface area contributed by atoms with Gasteiger partial charge >= 0.3 is 18.3 Å². The Morgan fingerprint density at radius 3 is 1.21 bits per heavy atom. The van der Waals surface area contributed by atoms with Gasteiger partial charge < -0.3 is 75.4 Å². The van der Waals surface area contributed by atoms with Gasteiger partial charge in [-0.2, -0.15) is 0 Å². The van der Waals surface area contributed by atoms with E-state index in [1.165, 1.54) is 0 Å². The SMILES string of the molecule is CN(CCOCCOCCOCCN(C)C(=O)C1CC(N=[N+]=[N-])CN1)C(=O)CCC12c3cc(NC(=O)CCCCCCCNC(=O)OC(C)(C)C)ccc3C(c3ccc(NC(=O)CCCCCCCNC(=O)OC(C)(C)C)cc31)c1ccc(NC(=O)CCCCCCCNC(=O)OC(C)(C)C)cc12. The highest BCUT2D eigenvalue weighted by Crippen LogP contribution is 2.62. The van der Waals surface area contributed by atoms with Gasteiger partial charge in [0.05, 0.1) is 51.7 Å². The van der Waals surface area contributed by atoms with Crippen LogP contribution in [0.25, 0.3) is 10.4 Å². The molecule has 3 aliphatic carbocycles. The molecular weight excluding hydrogens is 1320 g/mol. The Morgan fingerprint density at radius 2 is 0.845 bits per heavy atom. The Bertz CT molecular complexity index is 3060. The van der Waals surface area contributed by atoms with E-state index in [2.05, 4.69) is 65.4 Å².